The zero-order valence-electron chi connectivity index (χ0n) is 28.0. The van der Waals surface area contributed by atoms with Crippen LogP contribution in [0.2, 0.25) is 0 Å². The number of allylic oxidation sites excluding steroid dienone is 4. The molecule has 48 heavy (non-hydrogen) atoms. The molecular weight excluding hydrogens is 703 g/mol. The van der Waals surface area contributed by atoms with Crippen LogP contribution < -0.4 is 0 Å². The van der Waals surface area contributed by atoms with Crippen molar-refractivity contribution in [1.82, 2.24) is 0 Å². The van der Waals surface area contributed by atoms with Crippen molar-refractivity contribution in [2.24, 2.45) is 0 Å². The molecule has 0 aromatic heterocycles. The van der Waals surface area contributed by atoms with E-state index in [9.17, 15) is 0 Å². The van der Waals surface area contributed by atoms with E-state index in [-0.39, 0.29) is 35.6 Å². The SMILES string of the molecule is CC(C)([C](=[Zr+2])C(C)(C)c1ccccc1)c1ccccc1.Cl.Cl.[C-]1=CC=CC1.c1ccc2c(c1)[cH-]c1c3ccccc3c3ccccc3c21. The molecule has 1 aliphatic rings. The van der Waals surface area contributed by atoms with Crippen LogP contribution in [-0.4, -0.2) is 3.21 Å². The van der Waals surface area contributed by atoms with Gasteiger partial charge in [-0.1, -0.05) is 77.5 Å². The van der Waals surface area contributed by atoms with E-state index in [4.69, 9.17) is 0 Å². The van der Waals surface area contributed by atoms with Crippen molar-refractivity contribution < 1.29 is 24.2 Å². The maximum Gasteiger partial charge on any atom is -0.0255 e. The maximum atomic E-state index is 2.99. The summed E-state index contributed by atoms with van der Waals surface area (Å²) in [5.74, 6) is 0. The Labute approximate surface area is 313 Å². The Hall–Kier alpha value is -3.48. The van der Waals surface area contributed by atoms with E-state index < -0.39 is 0 Å². The quantitative estimate of drug-likeness (QED) is 0.124. The van der Waals surface area contributed by atoms with Gasteiger partial charge < -0.3 is 0 Å². The Balaban J connectivity index is 0.000000183. The Kier molecular flexibility index (Phi) is 12.7. The van der Waals surface area contributed by atoms with E-state index in [1.54, 1.807) is 3.21 Å². The Bertz CT molecular complexity index is 2120. The van der Waals surface area contributed by atoms with Crippen LogP contribution >= 0.6 is 24.8 Å². The van der Waals surface area contributed by atoms with Crippen LogP contribution in [0.3, 0.4) is 0 Å². The first-order valence-electron chi connectivity index (χ1n) is 16.1. The van der Waals surface area contributed by atoms with Gasteiger partial charge in [0.15, 0.2) is 0 Å². The van der Waals surface area contributed by atoms with Crippen molar-refractivity contribution in [2.75, 3.05) is 0 Å². The third-order valence-corrected chi connectivity index (χ3v) is 12.4. The molecule has 7 aromatic rings. The van der Waals surface area contributed by atoms with E-state index in [0.29, 0.717) is 0 Å². The fourth-order valence-electron chi connectivity index (χ4n) is 6.73. The van der Waals surface area contributed by atoms with E-state index in [0.717, 1.165) is 6.42 Å². The third-order valence-electron chi connectivity index (χ3n) is 9.33. The van der Waals surface area contributed by atoms with Crippen molar-refractivity contribution in [3.63, 3.8) is 0 Å². The predicted octanol–water partition coefficient (Wildman–Crippen LogP) is 12.8. The van der Waals surface area contributed by atoms with Gasteiger partial charge in [0.25, 0.3) is 0 Å². The van der Waals surface area contributed by atoms with Gasteiger partial charge in [0.1, 0.15) is 0 Å². The molecule has 0 atom stereocenters. The van der Waals surface area contributed by atoms with Crippen LogP contribution in [0, 0.1) is 6.08 Å². The second kappa shape index (κ2) is 16.3. The van der Waals surface area contributed by atoms with Gasteiger partial charge in [-0.15, -0.1) is 64.9 Å². The molecule has 0 heterocycles. The van der Waals surface area contributed by atoms with Crippen LogP contribution in [0.25, 0.3) is 43.1 Å². The number of fused-ring (bicyclic) bond motifs is 8. The summed E-state index contributed by atoms with van der Waals surface area (Å²) in [5.41, 5.74) is 2.99. The van der Waals surface area contributed by atoms with Crippen molar-refractivity contribution in [1.29, 1.82) is 0 Å². The normalized spacial score (nSPS) is 12.1. The summed E-state index contributed by atoms with van der Waals surface area (Å²) >= 11 is 1.51. The van der Waals surface area contributed by atoms with Crippen molar-refractivity contribution in [2.45, 2.75) is 44.9 Å². The van der Waals surface area contributed by atoms with Gasteiger partial charge in [-0.2, -0.15) is 6.08 Å². The van der Waals surface area contributed by atoms with Crippen molar-refractivity contribution in [3.8, 4) is 0 Å². The van der Waals surface area contributed by atoms with Gasteiger partial charge in [0, 0.05) is 0 Å². The minimum Gasteiger partial charge on any atom is -0.273 e. The minimum atomic E-state index is 0. The number of hydrogen-bond acceptors (Lipinski definition) is 0. The van der Waals surface area contributed by atoms with Crippen LogP contribution in [0.4, 0.5) is 0 Å². The number of rotatable bonds is 4. The van der Waals surface area contributed by atoms with E-state index in [2.05, 4.69) is 179 Å². The third kappa shape index (κ3) is 7.55. The molecule has 1 aliphatic carbocycles. The fraction of sp³-hybridized carbons (Fsp3) is 0.156. The van der Waals surface area contributed by atoms with Crippen LogP contribution in [0.5, 0.6) is 0 Å². The Morgan fingerprint density at radius 3 is 1.48 bits per heavy atom. The number of hydrogen-bond donors (Lipinski definition) is 0. The Morgan fingerprint density at radius 1 is 0.562 bits per heavy atom. The van der Waals surface area contributed by atoms with Crippen molar-refractivity contribution >= 4 is 71.1 Å². The average Bonchev–Trinajstić information content (AvgIpc) is 3.82. The smallest absolute Gasteiger partial charge is 0.0255 e. The first-order valence-corrected chi connectivity index (χ1v) is 17.3. The summed E-state index contributed by atoms with van der Waals surface area (Å²) in [6, 6.07) is 50.2. The van der Waals surface area contributed by atoms with Gasteiger partial charge >= 0.3 is 138 Å². The summed E-state index contributed by atoms with van der Waals surface area (Å²) < 4.78 is 1.58. The molecule has 0 unspecified atom stereocenters. The Morgan fingerprint density at radius 2 is 1.00 bits per heavy atom. The standard InChI is InChI=1S/C21H13.C19H22.C5H5.2ClH.Zr/c1-2-8-15-14(7-1)13-20-18-11-4-3-9-16(18)17-10-5-6-12-19(17)21(15)20;1-18(2,16-11-7-5-8-12-16)15-19(3,4)17-13-9-6-10-14-17;1-2-4-5-3-1;;;/h1-13H;5-14H,1-4H3;1-3H,4H2;2*1H;/q-1;;-1;;;+2. The summed E-state index contributed by atoms with van der Waals surface area (Å²) in [6.07, 6.45) is 10.0. The second-order valence-corrected chi connectivity index (χ2v) is 14.2. The molecule has 0 aliphatic heterocycles. The molecule has 0 saturated heterocycles. The number of benzene rings is 6. The van der Waals surface area contributed by atoms with Crippen LogP contribution in [-0.2, 0) is 35.1 Å². The molecule has 0 spiro atoms. The van der Waals surface area contributed by atoms with Gasteiger partial charge in [0.2, 0.25) is 0 Å². The fourth-order valence-corrected chi connectivity index (χ4v) is 7.44. The predicted molar refractivity (Wildman–Crippen MR) is 212 cm³/mol. The second-order valence-electron chi connectivity index (χ2n) is 13.0. The topological polar surface area (TPSA) is 0 Å². The molecule has 0 amide bonds. The molecule has 8 rings (SSSR count). The van der Waals surface area contributed by atoms with Gasteiger partial charge in [-0.3, -0.25) is 6.08 Å². The molecule has 0 N–H and O–H groups in total. The largest absolute Gasteiger partial charge is 0.273 e. The molecule has 7 aromatic carbocycles. The molecule has 0 radical (unpaired) electrons. The van der Waals surface area contributed by atoms with E-state index in [1.165, 1.54) is 78.5 Å². The molecule has 0 fully saturated rings. The monoisotopic (exact) mass is 742 g/mol. The molecule has 3 heteroatoms. The van der Waals surface area contributed by atoms with Crippen LogP contribution in [0.15, 0.2) is 158 Å². The first kappa shape index (κ1) is 37.3. The summed E-state index contributed by atoms with van der Waals surface area (Å²) in [7, 11) is 0. The van der Waals surface area contributed by atoms with E-state index in [1.807, 2.05) is 12.2 Å². The van der Waals surface area contributed by atoms with Gasteiger partial charge in [-0.05, 0) is 10.8 Å². The molecular formula is C45H42Cl2Zr. The molecule has 240 valence electrons. The summed E-state index contributed by atoms with van der Waals surface area (Å²) in [6.45, 7) is 9.38. The van der Waals surface area contributed by atoms with Crippen molar-refractivity contribution in [3.05, 3.63) is 175 Å². The average molecular weight is 745 g/mol. The van der Waals surface area contributed by atoms with Crippen LogP contribution in [0.1, 0.15) is 45.2 Å². The minimum absolute atomic E-state index is 0. The van der Waals surface area contributed by atoms with Gasteiger partial charge in [0.05, 0.1) is 0 Å². The molecule has 0 bridgehead atoms. The van der Waals surface area contributed by atoms with E-state index >= 15 is 0 Å². The molecule has 0 saturated carbocycles. The summed E-state index contributed by atoms with van der Waals surface area (Å²) in [5, 5.41) is 10.8. The zero-order chi connectivity index (χ0) is 32.1. The summed E-state index contributed by atoms with van der Waals surface area (Å²) in [4.78, 5) is 0. The maximum absolute atomic E-state index is 2.99. The number of halogens is 2. The zero-order valence-corrected chi connectivity index (χ0v) is 32.1. The molecule has 0 nitrogen and oxygen atoms in total. The first-order chi connectivity index (χ1) is 22.3. The van der Waals surface area contributed by atoms with Gasteiger partial charge in [-0.25, -0.2) is 12.2 Å².